The Morgan fingerprint density at radius 3 is 1.79 bits per heavy atom. The van der Waals surface area contributed by atoms with Gasteiger partial charge in [-0.05, 0) is 38.1 Å². The first kappa shape index (κ1) is 38.1. The summed E-state index contributed by atoms with van der Waals surface area (Å²) < 4.78 is 39.5. The van der Waals surface area contributed by atoms with Crippen LogP contribution in [0.1, 0.15) is 13.8 Å². The molecule has 15 atom stereocenters. The standard InChI is InChI=1S/C33H40O19/c1-10-19(36)23(40)26(43)31(47-10)46-9-17-21(38)25(42)28(45)33(51-17)52-30-22(39)18-15(35)7-14(49-32-27(44)24(41)20(37)11(2)48-32)8-16(18)50-29(30)12-3-5-13(34)6-4-12/h3-8,10-11,17,19-21,23-28,31-38,40-45H,9H2,1-2H3/t10-,11-,17+,19-,20-,21-,23+,24+,25+,26+,27+,28+,31+,32+,33+/m0/s1. The molecule has 3 saturated heterocycles. The van der Waals surface area contributed by atoms with Gasteiger partial charge >= 0.3 is 0 Å². The average Bonchev–Trinajstić information content (AvgIpc) is 3.11. The molecular weight excluding hydrogens is 700 g/mol. The van der Waals surface area contributed by atoms with E-state index < -0.39 is 121 Å². The summed E-state index contributed by atoms with van der Waals surface area (Å²) in [5.74, 6) is -2.01. The van der Waals surface area contributed by atoms with E-state index in [1.54, 1.807) is 0 Å². The number of aliphatic hydroxyl groups is 9. The Kier molecular flexibility index (Phi) is 11.0. The summed E-state index contributed by atoms with van der Waals surface area (Å²) in [4.78, 5) is 14.0. The molecule has 3 aliphatic heterocycles. The van der Waals surface area contributed by atoms with Crippen molar-refractivity contribution in [3.05, 3.63) is 46.6 Å². The van der Waals surface area contributed by atoms with Crippen molar-refractivity contribution in [3.63, 3.8) is 0 Å². The molecule has 4 heterocycles. The van der Waals surface area contributed by atoms with Crippen LogP contribution in [0.15, 0.2) is 45.6 Å². The third-order valence-electron chi connectivity index (χ3n) is 9.23. The van der Waals surface area contributed by atoms with E-state index >= 15 is 0 Å². The maximum atomic E-state index is 14.0. The van der Waals surface area contributed by atoms with E-state index in [0.29, 0.717) is 0 Å². The Hall–Kier alpha value is -3.67. The second-order valence-corrected chi connectivity index (χ2v) is 12.9. The first-order chi connectivity index (χ1) is 24.6. The number of phenolic OH excluding ortho intramolecular Hbond substituents is 2. The van der Waals surface area contributed by atoms with Crippen LogP contribution in [0.2, 0.25) is 0 Å². The number of aromatic hydroxyl groups is 2. The van der Waals surface area contributed by atoms with Crippen LogP contribution in [0.5, 0.6) is 23.0 Å². The second kappa shape index (κ2) is 15.0. The number of fused-ring (bicyclic) bond motifs is 1. The third-order valence-corrected chi connectivity index (χ3v) is 9.23. The monoisotopic (exact) mass is 740 g/mol. The molecule has 286 valence electrons. The molecule has 52 heavy (non-hydrogen) atoms. The minimum atomic E-state index is -1.98. The van der Waals surface area contributed by atoms with Gasteiger partial charge in [-0.3, -0.25) is 4.79 Å². The molecule has 11 N–H and O–H groups in total. The number of rotatable bonds is 8. The van der Waals surface area contributed by atoms with Gasteiger partial charge in [0.05, 0.1) is 18.8 Å². The molecule has 0 amide bonds. The SMILES string of the molecule is C[C@@H]1O[C@@H](OC[C@H]2O[C@H](Oc3c(-c4ccc(O)cc4)oc4cc(O[C@H]5O[C@@H](C)[C@H](O)[C@@H](O)[C@H]5O)cc(O)c4c3=O)[C@H](O)[C@H](O)[C@H]2O)[C@H](O)[C@H](O)[C@H]1O. The molecule has 0 aliphatic carbocycles. The number of ether oxygens (including phenoxy) is 6. The molecule has 3 aliphatic rings. The lowest BCUT2D eigenvalue weighted by Crippen LogP contribution is -2.61. The minimum Gasteiger partial charge on any atom is -0.508 e. The first-order valence-electron chi connectivity index (χ1n) is 16.2. The van der Waals surface area contributed by atoms with Crippen LogP contribution >= 0.6 is 0 Å². The van der Waals surface area contributed by atoms with Crippen molar-refractivity contribution >= 4 is 11.0 Å². The van der Waals surface area contributed by atoms with Crippen molar-refractivity contribution in [2.24, 2.45) is 0 Å². The summed E-state index contributed by atoms with van der Waals surface area (Å²) in [5.41, 5.74) is -1.16. The zero-order valence-electron chi connectivity index (χ0n) is 27.5. The lowest BCUT2D eigenvalue weighted by atomic mass is 9.98. The highest BCUT2D eigenvalue weighted by molar-refractivity contribution is 5.88. The van der Waals surface area contributed by atoms with E-state index in [1.165, 1.54) is 44.2 Å². The van der Waals surface area contributed by atoms with Crippen molar-refractivity contribution in [3.8, 4) is 34.3 Å². The quantitative estimate of drug-likeness (QED) is 0.110. The number of aliphatic hydroxyl groups excluding tert-OH is 9. The summed E-state index contributed by atoms with van der Waals surface area (Å²) in [6.07, 6.45) is -23.5. The molecule has 3 aromatic rings. The van der Waals surface area contributed by atoms with Gasteiger partial charge in [0, 0.05) is 17.7 Å². The highest BCUT2D eigenvalue weighted by Crippen LogP contribution is 2.38. The molecule has 0 radical (unpaired) electrons. The lowest BCUT2D eigenvalue weighted by molar-refractivity contribution is -0.318. The smallest absolute Gasteiger partial charge is 0.239 e. The van der Waals surface area contributed by atoms with E-state index in [2.05, 4.69) is 0 Å². The molecule has 19 heteroatoms. The molecule has 19 nitrogen and oxygen atoms in total. The fourth-order valence-corrected chi connectivity index (χ4v) is 6.09. The minimum absolute atomic E-state index is 0.138. The van der Waals surface area contributed by atoms with Crippen LogP contribution in [0.4, 0.5) is 0 Å². The Bertz CT molecular complexity index is 1770. The Morgan fingerprint density at radius 2 is 1.17 bits per heavy atom. The summed E-state index contributed by atoms with van der Waals surface area (Å²) in [5, 5.41) is 114. The number of benzene rings is 2. The predicted molar refractivity (Wildman–Crippen MR) is 170 cm³/mol. The van der Waals surface area contributed by atoms with Crippen molar-refractivity contribution in [2.75, 3.05) is 6.61 Å². The topological polar surface area (TPSA) is 308 Å². The van der Waals surface area contributed by atoms with Gasteiger partial charge in [0.25, 0.3) is 0 Å². The highest BCUT2D eigenvalue weighted by atomic mass is 16.7. The maximum Gasteiger partial charge on any atom is 0.239 e. The van der Waals surface area contributed by atoms with E-state index in [9.17, 15) is 61.0 Å². The van der Waals surface area contributed by atoms with Crippen LogP contribution in [-0.2, 0) is 18.9 Å². The van der Waals surface area contributed by atoms with E-state index in [1.807, 2.05) is 0 Å². The molecule has 3 fully saturated rings. The van der Waals surface area contributed by atoms with Crippen LogP contribution in [-0.4, -0.2) is 155 Å². The van der Waals surface area contributed by atoms with Crippen molar-refractivity contribution in [1.29, 1.82) is 0 Å². The molecule has 0 bridgehead atoms. The zero-order chi connectivity index (χ0) is 37.8. The molecule has 0 unspecified atom stereocenters. The Labute approximate surface area is 293 Å². The highest BCUT2D eigenvalue weighted by Gasteiger charge is 2.48. The predicted octanol–water partition coefficient (Wildman–Crippen LogP) is -2.89. The van der Waals surface area contributed by atoms with Gasteiger partial charge in [-0.1, -0.05) is 0 Å². The zero-order valence-corrected chi connectivity index (χ0v) is 27.5. The number of hydrogen-bond donors (Lipinski definition) is 11. The number of hydrogen-bond acceptors (Lipinski definition) is 19. The normalized spacial score (nSPS) is 38.2. The number of phenols is 2. The average molecular weight is 741 g/mol. The van der Waals surface area contributed by atoms with Crippen molar-refractivity contribution < 1.29 is 89.0 Å². The third kappa shape index (κ3) is 7.16. The second-order valence-electron chi connectivity index (χ2n) is 12.9. The summed E-state index contributed by atoms with van der Waals surface area (Å²) >= 11 is 0. The summed E-state index contributed by atoms with van der Waals surface area (Å²) in [6.45, 7) is 2.25. The molecular formula is C33H40O19. The fourth-order valence-electron chi connectivity index (χ4n) is 6.09. The van der Waals surface area contributed by atoms with E-state index in [4.69, 9.17) is 32.8 Å². The van der Waals surface area contributed by atoms with Crippen LogP contribution < -0.4 is 14.9 Å². The van der Waals surface area contributed by atoms with Gasteiger partial charge in [-0.2, -0.15) is 0 Å². The molecule has 0 saturated carbocycles. The Morgan fingerprint density at radius 1 is 0.635 bits per heavy atom. The maximum absolute atomic E-state index is 14.0. The molecule has 6 rings (SSSR count). The largest absolute Gasteiger partial charge is 0.508 e. The van der Waals surface area contributed by atoms with Gasteiger partial charge < -0.3 is 89.0 Å². The van der Waals surface area contributed by atoms with Crippen LogP contribution in [0.25, 0.3) is 22.3 Å². The van der Waals surface area contributed by atoms with E-state index in [0.717, 1.165) is 6.07 Å². The molecule has 1 aromatic heterocycles. The van der Waals surface area contributed by atoms with Crippen LogP contribution in [0, 0.1) is 0 Å². The van der Waals surface area contributed by atoms with Crippen molar-refractivity contribution in [2.45, 2.75) is 106 Å². The summed E-state index contributed by atoms with van der Waals surface area (Å²) in [6, 6.07) is 7.38. The molecule has 0 spiro atoms. The van der Waals surface area contributed by atoms with E-state index in [-0.39, 0.29) is 28.4 Å². The summed E-state index contributed by atoms with van der Waals surface area (Å²) in [7, 11) is 0. The van der Waals surface area contributed by atoms with Crippen LogP contribution in [0.3, 0.4) is 0 Å². The van der Waals surface area contributed by atoms with Gasteiger partial charge in [-0.25, -0.2) is 0 Å². The molecule has 2 aromatic carbocycles. The van der Waals surface area contributed by atoms with Gasteiger partial charge in [0.15, 0.2) is 12.1 Å². The lowest BCUT2D eigenvalue weighted by Gasteiger charge is -2.42. The van der Waals surface area contributed by atoms with Gasteiger partial charge in [0.2, 0.25) is 23.8 Å². The van der Waals surface area contributed by atoms with Crippen molar-refractivity contribution in [1.82, 2.24) is 0 Å². The Balaban J connectivity index is 1.32. The first-order valence-corrected chi connectivity index (χ1v) is 16.2. The van der Waals surface area contributed by atoms with Gasteiger partial charge in [-0.15, -0.1) is 0 Å². The fraction of sp³-hybridized carbons (Fsp3) is 0.545. The van der Waals surface area contributed by atoms with Gasteiger partial charge in [0.1, 0.15) is 89.3 Å².